The molecule has 138 valence electrons. The quantitative estimate of drug-likeness (QED) is 0.594. The van der Waals surface area contributed by atoms with E-state index in [4.69, 9.17) is 9.84 Å². The van der Waals surface area contributed by atoms with E-state index in [1.54, 1.807) is 0 Å². The van der Waals surface area contributed by atoms with Crippen molar-refractivity contribution in [3.8, 4) is 29.2 Å². The van der Waals surface area contributed by atoms with Gasteiger partial charge < -0.3 is 19.6 Å². The zero-order valence-electron chi connectivity index (χ0n) is 13.0. The predicted octanol–water partition coefficient (Wildman–Crippen LogP) is 2.32. The fourth-order valence-corrected chi connectivity index (χ4v) is 1.89. The summed E-state index contributed by atoms with van der Waals surface area (Å²) in [4.78, 5) is 17.5. The molecule has 0 fully saturated rings. The second-order valence-corrected chi connectivity index (χ2v) is 4.79. The first kappa shape index (κ1) is 17.8. The molecule has 0 aliphatic carbocycles. The van der Waals surface area contributed by atoms with Crippen LogP contribution in [0.5, 0.6) is 17.4 Å². The van der Waals surface area contributed by atoms with Crippen LogP contribution in [0.25, 0.3) is 0 Å². The van der Waals surface area contributed by atoms with Gasteiger partial charge >= 0.3 is 12.3 Å². The summed E-state index contributed by atoms with van der Waals surface area (Å²) in [5.74, 6) is 2.74. The number of carboxylic acids is 1. The van der Waals surface area contributed by atoms with Gasteiger partial charge in [0.2, 0.25) is 5.69 Å². The summed E-state index contributed by atoms with van der Waals surface area (Å²) in [5.41, 5.74) is -0.618. The van der Waals surface area contributed by atoms with Crippen LogP contribution in [0.1, 0.15) is 21.9 Å². The van der Waals surface area contributed by atoms with Gasteiger partial charge in [0.15, 0.2) is 5.82 Å². The second kappa shape index (κ2) is 7.08. The van der Waals surface area contributed by atoms with Crippen LogP contribution in [0.3, 0.4) is 0 Å². The fourth-order valence-electron chi connectivity index (χ4n) is 1.89. The number of nitrogens with zero attached hydrogens (tertiary/aromatic N) is 3. The van der Waals surface area contributed by atoms with E-state index < -0.39 is 23.8 Å². The SMILES string of the molecule is O=C(O)c1nn[nH]c1Oc1ccc(C#Cc2ncc[nH]2)c(OC(F)(F)F)c1. The van der Waals surface area contributed by atoms with E-state index in [1.807, 2.05) is 0 Å². The molecular formula is C15H8F3N5O4. The topological polar surface area (TPSA) is 126 Å². The molecule has 2 heterocycles. The van der Waals surface area contributed by atoms with Crippen LogP contribution in [0, 0.1) is 11.8 Å². The summed E-state index contributed by atoms with van der Waals surface area (Å²) < 4.78 is 47.2. The van der Waals surface area contributed by atoms with Crippen molar-refractivity contribution in [2.75, 3.05) is 0 Å². The molecule has 0 saturated heterocycles. The van der Waals surface area contributed by atoms with Gasteiger partial charge in [0.1, 0.15) is 11.5 Å². The van der Waals surface area contributed by atoms with Crippen molar-refractivity contribution in [2.24, 2.45) is 0 Å². The van der Waals surface area contributed by atoms with Crippen molar-refractivity contribution in [3.05, 3.63) is 47.7 Å². The molecule has 1 aromatic carbocycles. The first-order valence-electron chi connectivity index (χ1n) is 7.05. The highest BCUT2D eigenvalue weighted by atomic mass is 19.4. The molecule has 0 unspecified atom stereocenters. The number of alkyl halides is 3. The molecule has 27 heavy (non-hydrogen) atoms. The first-order valence-corrected chi connectivity index (χ1v) is 7.05. The molecule has 2 aromatic heterocycles. The van der Waals surface area contributed by atoms with Gasteiger partial charge in [0, 0.05) is 18.5 Å². The van der Waals surface area contributed by atoms with Crippen molar-refractivity contribution in [1.29, 1.82) is 0 Å². The minimum absolute atomic E-state index is 0.0859. The molecule has 9 nitrogen and oxygen atoms in total. The lowest BCUT2D eigenvalue weighted by atomic mass is 10.2. The average molecular weight is 379 g/mol. The number of H-pyrrole nitrogens is 2. The molecule has 0 amide bonds. The number of aromatic amines is 2. The summed E-state index contributed by atoms with van der Waals surface area (Å²) in [5, 5.41) is 17.7. The van der Waals surface area contributed by atoms with Crippen molar-refractivity contribution in [1.82, 2.24) is 25.4 Å². The Morgan fingerprint density at radius 2 is 2.07 bits per heavy atom. The van der Waals surface area contributed by atoms with E-state index in [-0.39, 0.29) is 23.0 Å². The number of rotatable bonds is 4. The smallest absolute Gasteiger partial charge is 0.476 e. The van der Waals surface area contributed by atoms with Crippen LogP contribution in [0.2, 0.25) is 0 Å². The number of nitrogens with one attached hydrogen (secondary N) is 2. The number of carbonyl (C=O) groups is 1. The maximum absolute atomic E-state index is 12.7. The van der Waals surface area contributed by atoms with Gasteiger partial charge in [0.05, 0.1) is 5.56 Å². The van der Waals surface area contributed by atoms with E-state index in [1.165, 1.54) is 24.5 Å². The third-order valence-corrected chi connectivity index (χ3v) is 2.93. The normalized spacial score (nSPS) is 10.8. The molecule has 0 aliphatic heterocycles. The molecule has 0 bridgehead atoms. The molecule has 3 N–H and O–H groups in total. The Labute approximate surface area is 148 Å². The van der Waals surface area contributed by atoms with Crippen LogP contribution >= 0.6 is 0 Å². The van der Waals surface area contributed by atoms with E-state index in [0.717, 1.165) is 6.07 Å². The standard InChI is InChI=1S/C15H8F3N5O4/c16-15(17,18)27-10-7-9(26-13-12(14(24)25)21-23-22-13)3-1-8(10)2-4-11-19-5-6-20-11/h1,3,5-7H,(H,19,20)(H,24,25)(H,21,22,23). The first-order chi connectivity index (χ1) is 12.8. The number of hydrogen-bond acceptors (Lipinski definition) is 6. The minimum atomic E-state index is -4.97. The lowest BCUT2D eigenvalue weighted by Crippen LogP contribution is -2.17. The van der Waals surface area contributed by atoms with Gasteiger partial charge in [-0.3, -0.25) is 0 Å². The van der Waals surface area contributed by atoms with Crippen molar-refractivity contribution in [3.63, 3.8) is 0 Å². The minimum Gasteiger partial charge on any atom is -0.476 e. The summed E-state index contributed by atoms with van der Waals surface area (Å²) in [7, 11) is 0. The number of benzene rings is 1. The van der Waals surface area contributed by atoms with E-state index in [2.05, 4.69) is 42.0 Å². The maximum atomic E-state index is 12.7. The predicted molar refractivity (Wildman–Crippen MR) is 81.1 cm³/mol. The van der Waals surface area contributed by atoms with E-state index >= 15 is 0 Å². The van der Waals surface area contributed by atoms with Gasteiger partial charge in [-0.1, -0.05) is 11.1 Å². The average Bonchev–Trinajstić information content (AvgIpc) is 3.24. The summed E-state index contributed by atoms with van der Waals surface area (Å²) in [6.45, 7) is 0. The highest BCUT2D eigenvalue weighted by molar-refractivity contribution is 5.87. The monoisotopic (exact) mass is 379 g/mol. The Balaban J connectivity index is 1.94. The maximum Gasteiger partial charge on any atom is 0.573 e. The Morgan fingerprint density at radius 3 is 2.74 bits per heavy atom. The highest BCUT2D eigenvalue weighted by Crippen LogP contribution is 2.32. The Morgan fingerprint density at radius 1 is 1.26 bits per heavy atom. The second-order valence-electron chi connectivity index (χ2n) is 4.79. The molecule has 0 aliphatic rings. The molecule has 0 spiro atoms. The molecule has 0 radical (unpaired) electrons. The lowest BCUT2D eigenvalue weighted by Gasteiger charge is -2.12. The van der Waals surface area contributed by atoms with Gasteiger partial charge in [-0.2, -0.15) is 0 Å². The third-order valence-electron chi connectivity index (χ3n) is 2.93. The van der Waals surface area contributed by atoms with Crippen LogP contribution in [0.15, 0.2) is 30.6 Å². The van der Waals surface area contributed by atoms with Crippen molar-refractivity contribution in [2.45, 2.75) is 6.36 Å². The number of imidazole rings is 1. The lowest BCUT2D eigenvalue weighted by molar-refractivity contribution is -0.274. The van der Waals surface area contributed by atoms with Crippen molar-refractivity contribution < 1.29 is 32.5 Å². The van der Waals surface area contributed by atoms with Crippen LogP contribution < -0.4 is 9.47 Å². The number of carboxylic acid groups (broad SMARTS) is 1. The summed E-state index contributed by atoms with van der Waals surface area (Å²) >= 11 is 0. The van der Waals surface area contributed by atoms with Crippen molar-refractivity contribution >= 4 is 5.97 Å². The van der Waals surface area contributed by atoms with Gasteiger partial charge in [-0.15, -0.1) is 18.3 Å². The fraction of sp³-hybridized carbons (Fsp3) is 0.0667. The number of aromatic carboxylic acids is 1. The highest BCUT2D eigenvalue weighted by Gasteiger charge is 2.32. The van der Waals surface area contributed by atoms with E-state index in [9.17, 15) is 18.0 Å². The molecule has 3 aromatic rings. The zero-order chi connectivity index (χ0) is 19.4. The van der Waals surface area contributed by atoms with Gasteiger partial charge in [-0.25, -0.2) is 14.9 Å². The summed E-state index contributed by atoms with van der Waals surface area (Å²) in [6, 6.07) is 3.41. The Bertz CT molecular complexity index is 1020. The van der Waals surface area contributed by atoms with Gasteiger partial charge in [-0.05, 0) is 18.1 Å². The van der Waals surface area contributed by atoms with Crippen LogP contribution in [-0.4, -0.2) is 42.8 Å². The molecule has 0 saturated carbocycles. The molecule has 0 atom stereocenters. The Hall–Kier alpha value is -4.01. The molecule has 12 heteroatoms. The molecule has 3 rings (SSSR count). The third kappa shape index (κ3) is 4.54. The number of aromatic nitrogens is 5. The number of ether oxygens (including phenoxy) is 2. The zero-order valence-corrected chi connectivity index (χ0v) is 13.0. The Kier molecular flexibility index (Phi) is 4.67. The van der Waals surface area contributed by atoms with Crippen LogP contribution in [0.4, 0.5) is 13.2 Å². The molecular weight excluding hydrogens is 371 g/mol. The van der Waals surface area contributed by atoms with Crippen LogP contribution in [-0.2, 0) is 0 Å². The van der Waals surface area contributed by atoms with Gasteiger partial charge in [0.25, 0.3) is 5.88 Å². The van der Waals surface area contributed by atoms with E-state index in [0.29, 0.717) is 0 Å². The summed E-state index contributed by atoms with van der Waals surface area (Å²) in [6.07, 6.45) is -2.03. The number of hydrogen-bond donors (Lipinski definition) is 3. The number of halogens is 3. The largest absolute Gasteiger partial charge is 0.573 e.